The first kappa shape index (κ1) is 18.2. The van der Waals surface area contributed by atoms with Crippen molar-refractivity contribution < 1.29 is 22.7 Å². The van der Waals surface area contributed by atoms with Crippen molar-refractivity contribution in [3.05, 3.63) is 29.2 Å². The molecule has 4 heterocycles. The summed E-state index contributed by atoms with van der Waals surface area (Å²) in [5.41, 5.74) is 0.299. The first-order valence-electron chi connectivity index (χ1n) is 9.24. The number of nitrogens with zero attached hydrogens (tertiary/aromatic N) is 4. The average molecular weight is 382 g/mol. The number of amides is 1. The molecule has 2 aliphatic heterocycles. The molecule has 2 saturated heterocycles. The first-order valence-corrected chi connectivity index (χ1v) is 9.24. The van der Waals surface area contributed by atoms with Crippen LogP contribution in [-0.2, 0) is 22.1 Å². The Hall–Kier alpha value is -2.16. The molecule has 0 aromatic carbocycles. The summed E-state index contributed by atoms with van der Waals surface area (Å²) >= 11 is 0. The fourth-order valence-corrected chi connectivity index (χ4v) is 3.80. The number of carbonyl (C=O) groups is 1. The number of hydrogen-bond donors (Lipinski definition) is 0. The number of aryl methyl sites for hydroxylation is 1. The van der Waals surface area contributed by atoms with Crippen LogP contribution in [0.2, 0.25) is 0 Å². The van der Waals surface area contributed by atoms with Crippen LogP contribution in [0, 0.1) is 0 Å². The molecular formula is C18H21F3N4O2. The lowest BCUT2D eigenvalue weighted by atomic mass is 10.1. The lowest BCUT2D eigenvalue weighted by molar-refractivity contribution is -0.142. The Morgan fingerprint density at radius 3 is 2.81 bits per heavy atom. The summed E-state index contributed by atoms with van der Waals surface area (Å²) in [6.45, 7) is 3.38. The largest absolute Gasteiger partial charge is 0.433 e. The first-order chi connectivity index (χ1) is 12.9. The van der Waals surface area contributed by atoms with Crippen LogP contribution in [0.3, 0.4) is 0 Å². The van der Waals surface area contributed by atoms with E-state index < -0.39 is 11.9 Å². The van der Waals surface area contributed by atoms with Crippen molar-refractivity contribution in [1.29, 1.82) is 0 Å². The van der Waals surface area contributed by atoms with E-state index in [4.69, 9.17) is 4.74 Å². The van der Waals surface area contributed by atoms with Crippen LogP contribution in [0.1, 0.15) is 49.2 Å². The smallest absolute Gasteiger partial charge is 0.368 e. The normalized spacial score (nSPS) is 23.5. The summed E-state index contributed by atoms with van der Waals surface area (Å²) in [5, 5.41) is 4.19. The molecule has 6 nitrogen and oxygen atoms in total. The number of hydrogen-bond acceptors (Lipinski definition) is 4. The van der Waals surface area contributed by atoms with E-state index in [0.717, 1.165) is 23.4 Å². The van der Waals surface area contributed by atoms with E-state index in [9.17, 15) is 18.0 Å². The summed E-state index contributed by atoms with van der Waals surface area (Å²) in [6.07, 6.45) is -2.20. The van der Waals surface area contributed by atoms with Gasteiger partial charge < -0.3 is 9.64 Å². The Kier molecular flexibility index (Phi) is 4.57. The van der Waals surface area contributed by atoms with Crippen LogP contribution in [0.25, 0.3) is 5.65 Å². The molecule has 2 fully saturated rings. The predicted molar refractivity (Wildman–Crippen MR) is 90.3 cm³/mol. The number of carbonyl (C=O) groups excluding carboxylic acids is 1. The molecule has 2 aromatic rings. The molecule has 9 heteroatoms. The number of alkyl halides is 3. The van der Waals surface area contributed by atoms with E-state index in [-0.39, 0.29) is 23.6 Å². The third kappa shape index (κ3) is 3.40. The van der Waals surface area contributed by atoms with Gasteiger partial charge in [-0.15, -0.1) is 0 Å². The van der Waals surface area contributed by atoms with E-state index in [1.165, 1.54) is 0 Å². The Morgan fingerprint density at radius 1 is 1.33 bits per heavy atom. The van der Waals surface area contributed by atoms with Gasteiger partial charge in [-0.25, -0.2) is 9.50 Å². The molecule has 0 aliphatic carbocycles. The molecule has 0 spiro atoms. The van der Waals surface area contributed by atoms with Gasteiger partial charge in [0.25, 0.3) is 5.91 Å². The predicted octanol–water partition coefficient (Wildman–Crippen LogP) is 2.81. The Bertz CT molecular complexity index is 858. The van der Waals surface area contributed by atoms with Gasteiger partial charge in [0, 0.05) is 37.4 Å². The number of fused-ring (bicyclic) bond motifs is 1. The van der Waals surface area contributed by atoms with Crippen LogP contribution in [-0.4, -0.2) is 51.2 Å². The number of aromatic nitrogens is 3. The van der Waals surface area contributed by atoms with E-state index in [1.54, 1.807) is 17.9 Å². The van der Waals surface area contributed by atoms with Gasteiger partial charge in [0.05, 0.1) is 5.69 Å². The average Bonchev–Trinajstić information content (AvgIpc) is 3.38. The van der Waals surface area contributed by atoms with Gasteiger partial charge in [-0.1, -0.05) is 6.92 Å². The number of ether oxygens (including phenoxy) is 1. The SMILES string of the molecule is CCc1cc(C(F)(F)F)n2nc([C@H]3CCN(C(=O)[C@@H]4CCCO4)C3)cc2n1. The highest BCUT2D eigenvalue weighted by Crippen LogP contribution is 2.33. The minimum Gasteiger partial charge on any atom is -0.368 e. The monoisotopic (exact) mass is 382 g/mol. The zero-order valence-electron chi connectivity index (χ0n) is 15.0. The topological polar surface area (TPSA) is 59.7 Å². The van der Waals surface area contributed by atoms with Crippen LogP contribution in [0.15, 0.2) is 12.1 Å². The van der Waals surface area contributed by atoms with Gasteiger partial charge in [0.1, 0.15) is 11.8 Å². The van der Waals surface area contributed by atoms with Gasteiger partial charge in [-0.05, 0) is 31.7 Å². The quantitative estimate of drug-likeness (QED) is 0.819. The fourth-order valence-electron chi connectivity index (χ4n) is 3.80. The van der Waals surface area contributed by atoms with Gasteiger partial charge in [-0.2, -0.15) is 18.3 Å². The standard InChI is InChI=1S/C18H21F3N4O2/c1-2-12-8-15(18(19,20)21)25-16(22-12)9-13(23-25)11-5-6-24(10-11)17(26)14-4-3-7-27-14/h8-9,11,14H,2-7,10H2,1H3/t11-,14-/m0/s1. The van der Waals surface area contributed by atoms with Gasteiger partial charge >= 0.3 is 6.18 Å². The van der Waals surface area contributed by atoms with Gasteiger partial charge in [0.15, 0.2) is 5.65 Å². The summed E-state index contributed by atoms with van der Waals surface area (Å²) in [7, 11) is 0. The van der Waals surface area contributed by atoms with Crippen molar-refractivity contribution in [1.82, 2.24) is 19.5 Å². The zero-order chi connectivity index (χ0) is 19.2. The maximum atomic E-state index is 13.4. The molecule has 27 heavy (non-hydrogen) atoms. The molecule has 146 valence electrons. The van der Waals surface area contributed by atoms with Crippen LogP contribution < -0.4 is 0 Å². The fraction of sp³-hybridized carbons (Fsp3) is 0.611. The van der Waals surface area contributed by atoms with E-state index in [1.807, 2.05) is 0 Å². The van der Waals surface area contributed by atoms with E-state index >= 15 is 0 Å². The highest BCUT2D eigenvalue weighted by atomic mass is 19.4. The lowest BCUT2D eigenvalue weighted by Crippen LogP contribution is -2.37. The summed E-state index contributed by atoms with van der Waals surface area (Å²) in [4.78, 5) is 18.5. The molecule has 0 bridgehead atoms. The highest BCUT2D eigenvalue weighted by Gasteiger charge is 2.37. The second-order valence-corrected chi connectivity index (χ2v) is 7.09. The van der Waals surface area contributed by atoms with Crippen LogP contribution in [0.4, 0.5) is 13.2 Å². The van der Waals surface area contributed by atoms with Crippen molar-refractivity contribution in [2.75, 3.05) is 19.7 Å². The minimum absolute atomic E-state index is 0.0267. The molecule has 0 radical (unpaired) electrons. The summed E-state index contributed by atoms with van der Waals surface area (Å²) in [6, 6.07) is 2.66. The Morgan fingerprint density at radius 2 is 2.15 bits per heavy atom. The van der Waals surface area contributed by atoms with Crippen molar-refractivity contribution in [3.63, 3.8) is 0 Å². The second kappa shape index (κ2) is 6.78. The van der Waals surface area contributed by atoms with Crippen molar-refractivity contribution in [2.45, 2.75) is 50.8 Å². The van der Waals surface area contributed by atoms with E-state index in [2.05, 4.69) is 10.1 Å². The molecule has 0 saturated carbocycles. The highest BCUT2D eigenvalue weighted by molar-refractivity contribution is 5.81. The maximum absolute atomic E-state index is 13.4. The van der Waals surface area contributed by atoms with Crippen LogP contribution >= 0.6 is 0 Å². The van der Waals surface area contributed by atoms with Crippen molar-refractivity contribution >= 4 is 11.6 Å². The Balaban J connectivity index is 1.60. The minimum atomic E-state index is -4.51. The molecule has 1 amide bonds. The molecule has 2 aromatic heterocycles. The summed E-state index contributed by atoms with van der Waals surface area (Å²) in [5.74, 6) is -0.121. The van der Waals surface area contributed by atoms with Gasteiger partial charge in [-0.3, -0.25) is 4.79 Å². The third-order valence-electron chi connectivity index (χ3n) is 5.28. The molecule has 4 rings (SSSR count). The van der Waals surface area contributed by atoms with Crippen LogP contribution in [0.5, 0.6) is 0 Å². The molecule has 2 atom stereocenters. The molecule has 0 N–H and O–H groups in total. The third-order valence-corrected chi connectivity index (χ3v) is 5.28. The lowest BCUT2D eigenvalue weighted by Gasteiger charge is -2.19. The second-order valence-electron chi connectivity index (χ2n) is 7.09. The number of halogens is 3. The van der Waals surface area contributed by atoms with Gasteiger partial charge in [0.2, 0.25) is 0 Å². The maximum Gasteiger partial charge on any atom is 0.433 e. The zero-order valence-corrected chi connectivity index (χ0v) is 15.0. The number of likely N-dealkylation sites (tertiary alicyclic amines) is 1. The van der Waals surface area contributed by atoms with Crippen molar-refractivity contribution in [2.24, 2.45) is 0 Å². The Labute approximate surface area is 154 Å². The number of rotatable bonds is 3. The molecular weight excluding hydrogens is 361 g/mol. The van der Waals surface area contributed by atoms with E-state index in [0.29, 0.717) is 43.9 Å². The molecule has 2 aliphatic rings. The summed E-state index contributed by atoms with van der Waals surface area (Å²) < 4.78 is 46.5. The van der Waals surface area contributed by atoms with Crippen molar-refractivity contribution in [3.8, 4) is 0 Å². The molecule has 0 unspecified atom stereocenters.